The molecule has 2 aromatic carbocycles. The van der Waals surface area contributed by atoms with Crippen LogP contribution in [0.4, 0.5) is 0 Å². The van der Waals surface area contributed by atoms with Crippen LogP contribution >= 0.6 is 11.8 Å². The number of hydrogen-bond donors (Lipinski definition) is 1. The first kappa shape index (κ1) is 21.6. The number of nitrogens with zero attached hydrogens (tertiary/aromatic N) is 3. The summed E-state index contributed by atoms with van der Waals surface area (Å²) < 4.78 is 7.64. The standard InChI is InChI=1S/C24H28N4O2S/c1-17-10-11-20(13-18(17)2)28-22(14-19-7-4-3-5-8-19)26-27-24(28)31-16-23(29)25-15-21-9-6-12-30-21/h3-5,7-8,10-11,13,21H,6,9,12,14-16H2,1-2H3,(H,25,29)/t21-/m1/s1. The molecule has 0 aliphatic carbocycles. The number of rotatable bonds is 8. The molecule has 0 radical (unpaired) electrons. The number of ether oxygens (including phenoxy) is 1. The molecule has 0 spiro atoms. The molecule has 7 heteroatoms. The van der Waals surface area contributed by atoms with Crippen molar-refractivity contribution >= 4 is 17.7 Å². The molecule has 1 atom stereocenters. The van der Waals surface area contributed by atoms with Crippen molar-refractivity contribution in [1.82, 2.24) is 20.1 Å². The fourth-order valence-electron chi connectivity index (χ4n) is 3.62. The summed E-state index contributed by atoms with van der Waals surface area (Å²) >= 11 is 1.41. The molecule has 31 heavy (non-hydrogen) atoms. The lowest BCUT2D eigenvalue weighted by Gasteiger charge is -2.13. The van der Waals surface area contributed by atoms with Gasteiger partial charge in [-0.25, -0.2) is 0 Å². The molecular weight excluding hydrogens is 408 g/mol. The smallest absolute Gasteiger partial charge is 0.230 e. The molecule has 1 saturated heterocycles. The Bertz CT molecular complexity index is 1030. The number of hydrogen-bond acceptors (Lipinski definition) is 5. The zero-order valence-electron chi connectivity index (χ0n) is 18.0. The minimum Gasteiger partial charge on any atom is -0.376 e. The van der Waals surface area contributed by atoms with E-state index in [0.29, 0.717) is 18.7 Å². The molecule has 3 aromatic rings. The van der Waals surface area contributed by atoms with Crippen molar-refractivity contribution in [2.45, 2.75) is 44.4 Å². The van der Waals surface area contributed by atoms with Crippen LogP contribution in [-0.2, 0) is 16.0 Å². The molecule has 162 valence electrons. The summed E-state index contributed by atoms with van der Waals surface area (Å²) in [5.41, 5.74) is 4.64. The SMILES string of the molecule is Cc1ccc(-n2c(Cc3ccccc3)nnc2SCC(=O)NC[C@H]2CCCO2)cc1C. The van der Waals surface area contributed by atoms with Crippen molar-refractivity contribution < 1.29 is 9.53 Å². The molecule has 1 N–H and O–H groups in total. The van der Waals surface area contributed by atoms with Crippen LogP contribution in [0.5, 0.6) is 0 Å². The first-order chi connectivity index (χ1) is 15.1. The second-order valence-corrected chi connectivity index (χ2v) is 8.84. The second kappa shape index (κ2) is 10.1. The lowest BCUT2D eigenvalue weighted by molar-refractivity contribution is -0.119. The van der Waals surface area contributed by atoms with E-state index in [0.717, 1.165) is 36.1 Å². The van der Waals surface area contributed by atoms with E-state index in [4.69, 9.17) is 4.74 Å². The highest BCUT2D eigenvalue weighted by Gasteiger charge is 2.19. The summed E-state index contributed by atoms with van der Waals surface area (Å²) in [5, 5.41) is 12.6. The van der Waals surface area contributed by atoms with Crippen LogP contribution in [0.2, 0.25) is 0 Å². The topological polar surface area (TPSA) is 69.0 Å². The van der Waals surface area contributed by atoms with Crippen LogP contribution in [0.3, 0.4) is 0 Å². The lowest BCUT2D eigenvalue weighted by Crippen LogP contribution is -2.32. The quantitative estimate of drug-likeness (QED) is 0.543. The fourth-order valence-corrected chi connectivity index (χ4v) is 4.43. The number of aryl methyl sites for hydroxylation is 2. The Morgan fingerprint density at radius 1 is 1.16 bits per heavy atom. The number of benzene rings is 2. The molecule has 4 rings (SSSR count). The summed E-state index contributed by atoms with van der Waals surface area (Å²) in [6.45, 7) is 5.57. The Morgan fingerprint density at radius 2 is 2.00 bits per heavy atom. The van der Waals surface area contributed by atoms with Gasteiger partial charge in [0.15, 0.2) is 5.16 Å². The number of nitrogens with one attached hydrogen (secondary N) is 1. The summed E-state index contributed by atoms with van der Waals surface area (Å²) in [6, 6.07) is 16.6. The van der Waals surface area contributed by atoms with Gasteiger partial charge in [-0.1, -0.05) is 48.2 Å². The van der Waals surface area contributed by atoms with Gasteiger partial charge in [0.25, 0.3) is 0 Å². The highest BCUT2D eigenvalue weighted by atomic mass is 32.2. The van der Waals surface area contributed by atoms with Crippen LogP contribution in [0.1, 0.15) is 35.4 Å². The summed E-state index contributed by atoms with van der Waals surface area (Å²) in [7, 11) is 0. The first-order valence-electron chi connectivity index (χ1n) is 10.7. The van der Waals surface area contributed by atoms with E-state index in [2.05, 4.69) is 64.3 Å². The Morgan fingerprint density at radius 3 is 2.74 bits per heavy atom. The van der Waals surface area contributed by atoms with Crippen LogP contribution in [-0.4, -0.2) is 45.7 Å². The monoisotopic (exact) mass is 436 g/mol. The maximum atomic E-state index is 12.4. The van der Waals surface area contributed by atoms with Crippen LogP contribution in [0.15, 0.2) is 53.7 Å². The lowest BCUT2D eigenvalue weighted by atomic mass is 10.1. The molecule has 2 heterocycles. The van der Waals surface area contributed by atoms with E-state index in [1.807, 2.05) is 18.2 Å². The number of carbonyl (C=O) groups excluding carboxylic acids is 1. The molecule has 1 aliphatic rings. The molecule has 0 unspecified atom stereocenters. The third kappa shape index (κ3) is 5.54. The van der Waals surface area contributed by atoms with E-state index < -0.39 is 0 Å². The van der Waals surface area contributed by atoms with Crippen LogP contribution in [0, 0.1) is 13.8 Å². The second-order valence-electron chi connectivity index (χ2n) is 7.89. The van der Waals surface area contributed by atoms with Gasteiger partial charge in [0, 0.05) is 25.3 Å². The minimum atomic E-state index is -0.0141. The van der Waals surface area contributed by atoms with Crippen molar-refractivity contribution in [3.8, 4) is 5.69 Å². The van der Waals surface area contributed by atoms with Crippen molar-refractivity contribution in [2.75, 3.05) is 18.9 Å². The molecule has 6 nitrogen and oxygen atoms in total. The molecule has 0 bridgehead atoms. The Balaban J connectivity index is 1.52. The molecule has 1 fully saturated rings. The van der Waals surface area contributed by atoms with Gasteiger partial charge >= 0.3 is 0 Å². The molecule has 1 aliphatic heterocycles. The highest BCUT2D eigenvalue weighted by molar-refractivity contribution is 7.99. The summed E-state index contributed by atoms with van der Waals surface area (Å²) in [4.78, 5) is 12.4. The van der Waals surface area contributed by atoms with E-state index in [1.54, 1.807) is 0 Å². The number of carbonyl (C=O) groups is 1. The predicted molar refractivity (Wildman–Crippen MR) is 123 cm³/mol. The van der Waals surface area contributed by atoms with Gasteiger partial charge in [-0.2, -0.15) is 0 Å². The number of thioether (sulfide) groups is 1. The van der Waals surface area contributed by atoms with Crippen LogP contribution < -0.4 is 5.32 Å². The Kier molecular flexibility index (Phi) is 7.04. The summed E-state index contributed by atoms with van der Waals surface area (Å²) in [5.74, 6) is 1.14. The van der Waals surface area contributed by atoms with E-state index in [-0.39, 0.29) is 12.0 Å². The zero-order valence-corrected chi connectivity index (χ0v) is 18.8. The van der Waals surface area contributed by atoms with Gasteiger partial charge in [0.1, 0.15) is 5.82 Å². The van der Waals surface area contributed by atoms with E-state index in [1.165, 1.54) is 28.5 Å². The molecule has 1 aromatic heterocycles. The van der Waals surface area contributed by atoms with Crippen LogP contribution in [0.25, 0.3) is 5.69 Å². The maximum absolute atomic E-state index is 12.4. The van der Waals surface area contributed by atoms with Gasteiger partial charge in [-0.3, -0.25) is 9.36 Å². The van der Waals surface area contributed by atoms with E-state index >= 15 is 0 Å². The number of amides is 1. The predicted octanol–water partition coefficient (Wildman–Crippen LogP) is 3.86. The van der Waals surface area contributed by atoms with E-state index in [9.17, 15) is 4.79 Å². The summed E-state index contributed by atoms with van der Waals surface area (Å²) in [6.07, 6.45) is 2.90. The zero-order chi connectivity index (χ0) is 21.6. The molecule has 1 amide bonds. The normalized spacial score (nSPS) is 15.9. The average Bonchev–Trinajstić information content (AvgIpc) is 3.43. The van der Waals surface area contributed by atoms with Gasteiger partial charge in [0.2, 0.25) is 5.91 Å². The Hall–Kier alpha value is -2.64. The fraction of sp³-hybridized carbons (Fsp3) is 0.375. The third-order valence-corrected chi connectivity index (χ3v) is 6.47. The molecular formula is C24H28N4O2S. The van der Waals surface area contributed by atoms with Crippen molar-refractivity contribution in [1.29, 1.82) is 0 Å². The number of aromatic nitrogens is 3. The highest BCUT2D eigenvalue weighted by Crippen LogP contribution is 2.25. The van der Waals surface area contributed by atoms with Gasteiger partial charge in [0.05, 0.1) is 11.9 Å². The van der Waals surface area contributed by atoms with Gasteiger partial charge in [-0.15, -0.1) is 10.2 Å². The van der Waals surface area contributed by atoms with Crippen molar-refractivity contribution in [2.24, 2.45) is 0 Å². The average molecular weight is 437 g/mol. The van der Waals surface area contributed by atoms with Crippen molar-refractivity contribution in [3.05, 3.63) is 71.0 Å². The van der Waals surface area contributed by atoms with Gasteiger partial charge < -0.3 is 10.1 Å². The Labute approximate surface area is 187 Å². The third-order valence-electron chi connectivity index (χ3n) is 5.54. The molecule has 0 saturated carbocycles. The largest absolute Gasteiger partial charge is 0.376 e. The minimum absolute atomic E-state index is 0.0141. The maximum Gasteiger partial charge on any atom is 0.230 e. The first-order valence-corrected chi connectivity index (χ1v) is 11.7. The van der Waals surface area contributed by atoms with Gasteiger partial charge in [-0.05, 0) is 55.5 Å². The van der Waals surface area contributed by atoms with Crippen molar-refractivity contribution in [3.63, 3.8) is 0 Å².